The largest absolute Gasteiger partial charge is 0.384 e. The van der Waals surface area contributed by atoms with Crippen molar-refractivity contribution in [2.24, 2.45) is 0 Å². The number of aliphatic hydroxyl groups is 1. The molecule has 1 fully saturated rings. The van der Waals surface area contributed by atoms with E-state index in [4.69, 9.17) is 9.84 Å². The van der Waals surface area contributed by atoms with Gasteiger partial charge in [0.15, 0.2) is 0 Å². The molecule has 1 N–H and O–H groups in total. The highest BCUT2D eigenvalue weighted by molar-refractivity contribution is 7.89. The Morgan fingerprint density at radius 2 is 2.29 bits per heavy atom. The van der Waals surface area contributed by atoms with Gasteiger partial charge in [-0.3, -0.25) is 0 Å². The van der Waals surface area contributed by atoms with Crippen molar-refractivity contribution < 1.29 is 22.7 Å². The third-order valence-corrected chi connectivity index (χ3v) is 5.25. The Morgan fingerprint density at radius 1 is 1.52 bits per heavy atom. The summed E-state index contributed by atoms with van der Waals surface area (Å²) in [7, 11) is -2.30. The van der Waals surface area contributed by atoms with Crippen LogP contribution in [-0.2, 0) is 14.8 Å². The van der Waals surface area contributed by atoms with E-state index in [2.05, 4.69) is 11.8 Å². The molecule has 1 aliphatic rings. The van der Waals surface area contributed by atoms with Gasteiger partial charge in [0.25, 0.3) is 0 Å². The molecule has 0 aliphatic carbocycles. The van der Waals surface area contributed by atoms with E-state index in [9.17, 15) is 12.8 Å². The van der Waals surface area contributed by atoms with Crippen LogP contribution in [0.2, 0.25) is 0 Å². The monoisotopic (exact) mass is 313 g/mol. The SMILES string of the molecule is CN(C1CCOC1)S(=O)(=O)c1ccc(C#CCO)c(F)c1. The van der Waals surface area contributed by atoms with E-state index in [0.29, 0.717) is 19.6 Å². The van der Waals surface area contributed by atoms with Crippen molar-refractivity contribution in [3.63, 3.8) is 0 Å². The Labute approximate surface area is 123 Å². The summed E-state index contributed by atoms with van der Waals surface area (Å²) in [5.74, 6) is 4.01. The van der Waals surface area contributed by atoms with Crippen LogP contribution in [0.5, 0.6) is 0 Å². The maximum atomic E-state index is 13.9. The summed E-state index contributed by atoms with van der Waals surface area (Å²) < 4.78 is 45.1. The zero-order valence-electron chi connectivity index (χ0n) is 11.5. The fraction of sp³-hybridized carbons (Fsp3) is 0.429. The smallest absolute Gasteiger partial charge is 0.243 e. The molecule has 1 heterocycles. The highest BCUT2D eigenvalue weighted by atomic mass is 32.2. The maximum Gasteiger partial charge on any atom is 0.243 e. The van der Waals surface area contributed by atoms with E-state index in [1.165, 1.54) is 23.5 Å². The van der Waals surface area contributed by atoms with Crippen LogP contribution in [0.15, 0.2) is 23.1 Å². The molecule has 0 spiro atoms. The molecule has 114 valence electrons. The van der Waals surface area contributed by atoms with Gasteiger partial charge in [0.1, 0.15) is 12.4 Å². The number of ether oxygens (including phenoxy) is 1. The first-order valence-electron chi connectivity index (χ1n) is 6.42. The second-order valence-corrected chi connectivity index (χ2v) is 6.64. The van der Waals surface area contributed by atoms with Crippen LogP contribution in [-0.4, -0.2) is 50.7 Å². The van der Waals surface area contributed by atoms with E-state index < -0.39 is 15.8 Å². The lowest BCUT2D eigenvalue weighted by atomic mass is 10.2. The van der Waals surface area contributed by atoms with Crippen molar-refractivity contribution in [2.75, 3.05) is 26.9 Å². The first kappa shape index (κ1) is 15.9. The third kappa shape index (κ3) is 3.41. The van der Waals surface area contributed by atoms with Crippen LogP contribution in [0.4, 0.5) is 4.39 Å². The van der Waals surface area contributed by atoms with E-state index in [-0.39, 0.29) is 23.1 Å². The van der Waals surface area contributed by atoms with Gasteiger partial charge in [-0.2, -0.15) is 4.31 Å². The number of hydrogen-bond acceptors (Lipinski definition) is 4. The summed E-state index contributed by atoms with van der Waals surface area (Å²) in [5.41, 5.74) is 0.0508. The lowest BCUT2D eigenvalue weighted by Crippen LogP contribution is -2.37. The molecule has 7 heteroatoms. The molecule has 0 aromatic heterocycles. The van der Waals surface area contributed by atoms with Gasteiger partial charge < -0.3 is 9.84 Å². The van der Waals surface area contributed by atoms with Crippen molar-refractivity contribution >= 4 is 10.0 Å². The van der Waals surface area contributed by atoms with Crippen molar-refractivity contribution in [3.8, 4) is 11.8 Å². The number of benzene rings is 1. The highest BCUT2D eigenvalue weighted by Gasteiger charge is 2.31. The molecule has 1 unspecified atom stereocenters. The van der Waals surface area contributed by atoms with Crippen LogP contribution in [0.3, 0.4) is 0 Å². The normalized spacial score (nSPS) is 18.6. The summed E-state index contributed by atoms with van der Waals surface area (Å²) in [6.45, 7) is 0.483. The predicted octanol–water partition coefficient (Wildman–Crippen LogP) is 0.579. The van der Waals surface area contributed by atoms with Crippen LogP contribution in [0.1, 0.15) is 12.0 Å². The van der Waals surface area contributed by atoms with Crippen molar-refractivity contribution in [1.82, 2.24) is 4.31 Å². The molecule has 1 atom stereocenters. The van der Waals surface area contributed by atoms with E-state index in [0.717, 1.165) is 6.07 Å². The van der Waals surface area contributed by atoms with Gasteiger partial charge >= 0.3 is 0 Å². The molecule has 1 aromatic rings. The lowest BCUT2D eigenvalue weighted by molar-refractivity contribution is 0.181. The summed E-state index contributed by atoms with van der Waals surface area (Å²) in [6.07, 6.45) is 0.623. The molecule has 0 radical (unpaired) electrons. The first-order valence-corrected chi connectivity index (χ1v) is 7.86. The van der Waals surface area contributed by atoms with Crippen LogP contribution in [0.25, 0.3) is 0 Å². The minimum Gasteiger partial charge on any atom is -0.384 e. The third-order valence-electron chi connectivity index (χ3n) is 3.34. The lowest BCUT2D eigenvalue weighted by Gasteiger charge is -2.22. The van der Waals surface area contributed by atoms with Crippen LogP contribution in [0, 0.1) is 17.7 Å². The Kier molecular flexibility index (Phi) is 4.96. The van der Waals surface area contributed by atoms with Gasteiger partial charge in [0.05, 0.1) is 23.1 Å². The number of sulfonamides is 1. The zero-order chi connectivity index (χ0) is 15.5. The quantitative estimate of drug-likeness (QED) is 0.829. The Balaban J connectivity index is 2.30. The second-order valence-electron chi connectivity index (χ2n) is 4.64. The number of likely N-dealkylation sites (N-methyl/N-ethyl adjacent to an activating group) is 1. The molecule has 1 saturated heterocycles. The number of rotatable bonds is 3. The Morgan fingerprint density at radius 3 is 2.86 bits per heavy atom. The van der Waals surface area contributed by atoms with Gasteiger partial charge in [0.2, 0.25) is 10.0 Å². The summed E-state index contributed by atoms with van der Waals surface area (Å²) in [4.78, 5) is -0.121. The molecule has 2 rings (SSSR count). The standard InChI is InChI=1S/C14H16FNO4S/c1-16(12-6-8-20-10-12)21(18,19)13-5-4-11(3-2-7-17)14(15)9-13/h4-5,9,12,17H,6-8,10H2,1H3. The van der Waals surface area contributed by atoms with Gasteiger partial charge in [-0.05, 0) is 24.6 Å². The minimum atomic E-state index is -3.77. The number of hydrogen-bond donors (Lipinski definition) is 1. The number of aliphatic hydroxyl groups excluding tert-OH is 1. The molecule has 1 aliphatic heterocycles. The topological polar surface area (TPSA) is 66.8 Å². The van der Waals surface area contributed by atoms with Crippen molar-refractivity contribution in [3.05, 3.63) is 29.6 Å². The van der Waals surface area contributed by atoms with Crippen LogP contribution < -0.4 is 0 Å². The zero-order valence-corrected chi connectivity index (χ0v) is 12.4. The first-order chi connectivity index (χ1) is 9.96. The average Bonchev–Trinajstić information content (AvgIpc) is 2.99. The predicted molar refractivity (Wildman–Crippen MR) is 74.5 cm³/mol. The Hall–Kier alpha value is -1.46. The van der Waals surface area contributed by atoms with Gasteiger partial charge in [0, 0.05) is 13.7 Å². The van der Waals surface area contributed by atoms with Gasteiger partial charge in [-0.15, -0.1) is 0 Å². The Bertz CT molecular complexity index is 672. The minimum absolute atomic E-state index is 0.0508. The molecule has 0 amide bonds. The molecule has 1 aromatic carbocycles. The summed E-state index contributed by atoms with van der Waals surface area (Å²) >= 11 is 0. The molecule has 0 saturated carbocycles. The van der Waals surface area contributed by atoms with Crippen molar-refractivity contribution in [1.29, 1.82) is 0 Å². The average molecular weight is 313 g/mol. The maximum absolute atomic E-state index is 13.9. The summed E-state index contributed by atoms with van der Waals surface area (Å²) in [6, 6.07) is 3.32. The van der Waals surface area contributed by atoms with Gasteiger partial charge in [-0.1, -0.05) is 11.8 Å². The van der Waals surface area contributed by atoms with Crippen LogP contribution >= 0.6 is 0 Å². The summed E-state index contributed by atoms with van der Waals surface area (Å²) in [5, 5.41) is 8.59. The van der Waals surface area contributed by atoms with E-state index in [1.54, 1.807) is 0 Å². The number of halogens is 1. The fourth-order valence-corrected chi connectivity index (χ4v) is 3.45. The molecule has 5 nitrogen and oxygen atoms in total. The highest BCUT2D eigenvalue weighted by Crippen LogP contribution is 2.22. The van der Waals surface area contributed by atoms with E-state index >= 15 is 0 Å². The number of nitrogens with zero attached hydrogens (tertiary/aromatic N) is 1. The molecular formula is C14H16FNO4S. The second kappa shape index (κ2) is 6.54. The van der Waals surface area contributed by atoms with Gasteiger partial charge in [-0.25, -0.2) is 12.8 Å². The molecule has 0 bridgehead atoms. The fourth-order valence-electron chi connectivity index (χ4n) is 2.06. The molecule has 21 heavy (non-hydrogen) atoms. The molecular weight excluding hydrogens is 297 g/mol. The van der Waals surface area contributed by atoms with Crippen molar-refractivity contribution in [2.45, 2.75) is 17.4 Å². The van der Waals surface area contributed by atoms with E-state index in [1.807, 2.05) is 0 Å².